The van der Waals surface area contributed by atoms with E-state index in [0.717, 1.165) is 55.2 Å². The van der Waals surface area contributed by atoms with Gasteiger partial charge in [-0.15, -0.1) is 11.3 Å². The highest BCUT2D eigenvalue weighted by Gasteiger charge is 2.20. The second kappa shape index (κ2) is 5.54. The number of anilines is 2. The van der Waals surface area contributed by atoms with Gasteiger partial charge in [-0.2, -0.15) is 4.98 Å². The molecule has 0 aromatic carbocycles. The summed E-state index contributed by atoms with van der Waals surface area (Å²) in [6.45, 7) is 9.70. The van der Waals surface area contributed by atoms with Gasteiger partial charge in [-0.3, -0.25) is 0 Å². The van der Waals surface area contributed by atoms with Gasteiger partial charge in [0, 0.05) is 31.1 Å². The number of piperazine rings is 1. The molecular weight excluding hydrogens is 270 g/mol. The van der Waals surface area contributed by atoms with Gasteiger partial charge in [0.05, 0.1) is 5.39 Å². The minimum atomic E-state index is 0.384. The van der Waals surface area contributed by atoms with Gasteiger partial charge in [0.15, 0.2) is 0 Å². The van der Waals surface area contributed by atoms with Crippen molar-refractivity contribution in [3.63, 3.8) is 0 Å². The molecule has 0 spiro atoms. The van der Waals surface area contributed by atoms with Gasteiger partial charge in [-0.25, -0.2) is 4.98 Å². The van der Waals surface area contributed by atoms with Gasteiger partial charge in [0.25, 0.3) is 0 Å². The average Bonchev–Trinajstić information content (AvgIpc) is 2.89. The van der Waals surface area contributed by atoms with Crippen molar-refractivity contribution in [3.05, 3.63) is 10.9 Å². The van der Waals surface area contributed by atoms with Crippen LogP contribution in [0.4, 0.5) is 11.8 Å². The van der Waals surface area contributed by atoms with Crippen molar-refractivity contribution in [3.8, 4) is 0 Å². The van der Waals surface area contributed by atoms with Crippen molar-refractivity contribution in [1.82, 2.24) is 14.9 Å². The molecule has 3 rings (SSSR count). The SMILES string of the molecule is CCc1cc2c(N3CCN(CC)CC3)nc(N)nc2s1. The van der Waals surface area contributed by atoms with Crippen LogP contribution in [0, 0.1) is 0 Å². The number of nitrogens with zero attached hydrogens (tertiary/aromatic N) is 4. The fourth-order valence-electron chi connectivity index (χ4n) is 2.66. The Morgan fingerprint density at radius 2 is 1.95 bits per heavy atom. The molecule has 1 saturated heterocycles. The Morgan fingerprint density at radius 3 is 2.60 bits per heavy atom. The number of hydrogen-bond donors (Lipinski definition) is 1. The Morgan fingerprint density at radius 1 is 1.20 bits per heavy atom. The fourth-order valence-corrected chi connectivity index (χ4v) is 3.63. The van der Waals surface area contributed by atoms with Crippen LogP contribution in [0.25, 0.3) is 10.2 Å². The molecule has 20 heavy (non-hydrogen) atoms. The highest BCUT2D eigenvalue weighted by atomic mass is 32.1. The topological polar surface area (TPSA) is 58.3 Å². The maximum atomic E-state index is 5.88. The van der Waals surface area contributed by atoms with Crippen molar-refractivity contribution >= 4 is 33.3 Å². The molecule has 0 bridgehead atoms. The third kappa shape index (κ3) is 2.45. The van der Waals surface area contributed by atoms with Crippen LogP contribution in [0.3, 0.4) is 0 Å². The molecule has 1 aliphatic heterocycles. The van der Waals surface area contributed by atoms with Crippen LogP contribution in [-0.4, -0.2) is 47.6 Å². The Bertz CT molecular complexity index is 601. The molecule has 0 unspecified atom stereocenters. The highest BCUT2D eigenvalue weighted by Crippen LogP contribution is 2.32. The fraction of sp³-hybridized carbons (Fsp3) is 0.571. The summed E-state index contributed by atoms with van der Waals surface area (Å²) in [4.78, 5) is 16.0. The van der Waals surface area contributed by atoms with Gasteiger partial charge in [0.2, 0.25) is 5.95 Å². The van der Waals surface area contributed by atoms with Gasteiger partial charge < -0.3 is 15.5 Å². The summed E-state index contributed by atoms with van der Waals surface area (Å²) < 4.78 is 0. The summed E-state index contributed by atoms with van der Waals surface area (Å²) in [7, 11) is 0. The van der Waals surface area contributed by atoms with E-state index < -0.39 is 0 Å². The first-order valence-electron chi connectivity index (χ1n) is 7.24. The smallest absolute Gasteiger partial charge is 0.223 e. The van der Waals surface area contributed by atoms with E-state index >= 15 is 0 Å². The molecule has 0 amide bonds. The molecule has 1 aliphatic rings. The molecule has 108 valence electrons. The van der Waals surface area contributed by atoms with Crippen LogP contribution in [0.5, 0.6) is 0 Å². The van der Waals surface area contributed by atoms with Crippen molar-refractivity contribution in [1.29, 1.82) is 0 Å². The Balaban J connectivity index is 1.96. The van der Waals surface area contributed by atoms with Crippen LogP contribution in [-0.2, 0) is 6.42 Å². The zero-order valence-electron chi connectivity index (χ0n) is 12.1. The third-order valence-corrected chi connectivity index (χ3v) is 5.08. The monoisotopic (exact) mass is 291 g/mol. The minimum Gasteiger partial charge on any atom is -0.368 e. The van der Waals surface area contributed by atoms with E-state index in [1.54, 1.807) is 11.3 Å². The second-order valence-electron chi connectivity index (χ2n) is 5.11. The Kier molecular flexibility index (Phi) is 3.76. The lowest BCUT2D eigenvalue weighted by atomic mass is 10.2. The van der Waals surface area contributed by atoms with Gasteiger partial charge in [0.1, 0.15) is 10.6 Å². The Hall–Kier alpha value is -1.40. The summed E-state index contributed by atoms with van der Waals surface area (Å²) in [6.07, 6.45) is 1.03. The van der Waals surface area contributed by atoms with Crippen LogP contribution < -0.4 is 10.6 Å². The van der Waals surface area contributed by atoms with Crippen molar-refractivity contribution in [2.24, 2.45) is 0 Å². The summed E-state index contributed by atoms with van der Waals surface area (Å²) in [5, 5.41) is 1.16. The van der Waals surface area contributed by atoms with E-state index in [4.69, 9.17) is 5.73 Å². The van der Waals surface area contributed by atoms with Crippen LogP contribution >= 0.6 is 11.3 Å². The van der Waals surface area contributed by atoms with Gasteiger partial charge in [-0.1, -0.05) is 13.8 Å². The molecule has 0 radical (unpaired) electrons. The number of nitrogens with two attached hydrogens (primary N) is 1. The Labute approximate surface area is 123 Å². The molecule has 6 heteroatoms. The van der Waals surface area contributed by atoms with Gasteiger partial charge in [-0.05, 0) is 19.0 Å². The molecule has 1 fully saturated rings. The summed E-state index contributed by atoms with van der Waals surface area (Å²) in [5.74, 6) is 1.40. The molecule has 0 saturated carbocycles. The van der Waals surface area contributed by atoms with Crippen molar-refractivity contribution in [2.75, 3.05) is 43.4 Å². The van der Waals surface area contributed by atoms with Crippen molar-refractivity contribution < 1.29 is 0 Å². The number of aromatic nitrogens is 2. The minimum absolute atomic E-state index is 0.384. The predicted octanol–water partition coefficient (Wildman–Crippen LogP) is 1.98. The number of nitrogen functional groups attached to an aromatic ring is 1. The predicted molar refractivity (Wildman–Crippen MR) is 85.5 cm³/mol. The lowest BCUT2D eigenvalue weighted by Gasteiger charge is -2.35. The van der Waals surface area contributed by atoms with E-state index in [1.807, 2.05) is 0 Å². The lowest BCUT2D eigenvalue weighted by Crippen LogP contribution is -2.46. The number of aryl methyl sites for hydroxylation is 1. The lowest BCUT2D eigenvalue weighted by molar-refractivity contribution is 0.271. The standard InChI is InChI=1S/C14H21N5S/c1-3-10-9-11-12(16-14(15)17-13(11)20-10)19-7-5-18(4-2)6-8-19/h9H,3-8H2,1-2H3,(H2,15,16,17). The number of hydrogen-bond acceptors (Lipinski definition) is 6. The first-order chi connectivity index (χ1) is 9.71. The summed E-state index contributed by atoms with van der Waals surface area (Å²) in [5.41, 5.74) is 5.88. The van der Waals surface area contributed by atoms with E-state index in [1.165, 1.54) is 4.88 Å². The van der Waals surface area contributed by atoms with Crippen LogP contribution in [0.1, 0.15) is 18.7 Å². The molecule has 0 aliphatic carbocycles. The number of thiophene rings is 1. The first kappa shape index (κ1) is 13.6. The van der Waals surface area contributed by atoms with E-state index in [2.05, 4.69) is 39.7 Å². The number of likely N-dealkylation sites (N-methyl/N-ethyl adjacent to an activating group) is 1. The number of fused-ring (bicyclic) bond motifs is 1. The van der Waals surface area contributed by atoms with E-state index in [0.29, 0.717) is 5.95 Å². The summed E-state index contributed by atoms with van der Waals surface area (Å²) in [6, 6.07) is 2.22. The molecule has 2 aromatic heterocycles. The maximum Gasteiger partial charge on any atom is 0.223 e. The highest BCUT2D eigenvalue weighted by molar-refractivity contribution is 7.18. The van der Waals surface area contributed by atoms with Crippen molar-refractivity contribution in [2.45, 2.75) is 20.3 Å². The maximum absolute atomic E-state index is 5.88. The zero-order valence-corrected chi connectivity index (χ0v) is 12.9. The molecular formula is C14H21N5S. The second-order valence-corrected chi connectivity index (χ2v) is 6.23. The van der Waals surface area contributed by atoms with Gasteiger partial charge >= 0.3 is 0 Å². The first-order valence-corrected chi connectivity index (χ1v) is 8.06. The normalized spacial score (nSPS) is 17.0. The number of rotatable bonds is 3. The van der Waals surface area contributed by atoms with Crippen LogP contribution in [0.2, 0.25) is 0 Å². The zero-order chi connectivity index (χ0) is 14.1. The average molecular weight is 291 g/mol. The molecule has 3 heterocycles. The molecule has 0 atom stereocenters. The van der Waals surface area contributed by atoms with E-state index in [9.17, 15) is 0 Å². The van der Waals surface area contributed by atoms with E-state index in [-0.39, 0.29) is 0 Å². The third-order valence-electron chi connectivity index (χ3n) is 3.91. The molecule has 5 nitrogen and oxygen atoms in total. The van der Waals surface area contributed by atoms with Crippen LogP contribution in [0.15, 0.2) is 6.07 Å². The molecule has 2 N–H and O–H groups in total. The summed E-state index contributed by atoms with van der Waals surface area (Å²) >= 11 is 1.73. The molecule has 2 aromatic rings. The quantitative estimate of drug-likeness (QED) is 0.937. The largest absolute Gasteiger partial charge is 0.368 e.